The van der Waals surface area contributed by atoms with Gasteiger partial charge in [-0.05, 0) is 72.9 Å². The Balaban J connectivity index is 1.11. The van der Waals surface area contributed by atoms with Crippen molar-refractivity contribution in [2.24, 2.45) is 34.2 Å². The lowest BCUT2D eigenvalue weighted by Crippen LogP contribution is -2.63. The van der Waals surface area contributed by atoms with Gasteiger partial charge < -0.3 is 40.6 Å². The number of amides is 3. The van der Waals surface area contributed by atoms with E-state index in [1.165, 1.54) is 106 Å². The van der Waals surface area contributed by atoms with Gasteiger partial charge in [-0.25, -0.2) is 19.4 Å². The van der Waals surface area contributed by atoms with Crippen molar-refractivity contribution in [3.8, 4) is 0 Å². The Labute approximate surface area is 396 Å². The molecule has 0 spiro atoms. The van der Waals surface area contributed by atoms with Crippen molar-refractivity contribution in [1.29, 1.82) is 0 Å². The molecule has 3 aromatic carbocycles. The molecule has 4 heterocycles. The molecule has 3 aromatic rings. The highest BCUT2D eigenvalue weighted by Crippen LogP contribution is 2.52. The smallest absolute Gasteiger partial charge is 0.410 e. The van der Waals surface area contributed by atoms with Crippen LogP contribution < -0.4 is 11.5 Å². The molecule has 8 atom stereocenters. The Morgan fingerprint density at radius 1 is 0.812 bits per heavy atom. The molecule has 3 fully saturated rings. The van der Waals surface area contributed by atoms with Crippen molar-refractivity contribution in [1.82, 2.24) is 14.7 Å². The third-order valence-electron chi connectivity index (χ3n) is 12.4. The fourth-order valence-corrected chi connectivity index (χ4v) is 10.5. The van der Waals surface area contributed by atoms with E-state index in [-0.39, 0.29) is 75.1 Å². The topological polar surface area (TPSA) is 337 Å². The van der Waals surface area contributed by atoms with Crippen LogP contribution in [0.25, 0.3) is 0 Å². The normalized spacial score (nSPS) is 22.5. The Kier molecular flexibility index (Phi) is 14.8. The Bertz CT molecular complexity index is 2590. The van der Waals surface area contributed by atoms with Gasteiger partial charge in [0.2, 0.25) is 11.8 Å². The summed E-state index contributed by atoms with van der Waals surface area (Å²) in [6.07, 6.45) is -1.65. The van der Waals surface area contributed by atoms with Crippen molar-refractivity contribution in [2.75, 3.05) is 19.6 Å². The minimum Gasteiger partial charge on any atom is -0.459 e. The number of nitro groups is 3. The van der Waals surface area contributed by atoms with Crippen LogP contribution in [0.15, 0.2) is 88.4 Å². The number of aliphatic hydroxyl groups is 1. The molecule has 0 saturated carbocycles. The molecular formula is C44H47N9O15S. The van der Waals surface area contributed by atoms with Crippen LogP contribution >= 0.6 is 11.8 Å². The van der Waals surface area contributed by atoms with E-state index in [1.807, 2.05) is 0 Å². The average molecular weight is 974 g/mol. The number of aliphatic imine (C=N–C) groups is 1. The van der Waals surface area contributed by atoms with Gasteiger partial charge in [-0.1, -0.05) is 6.92 Å². The molecule has 69 heavy (non-hydrogen) atoms. The van der Waals surface area contributed by atoms with E-state index in [1.54, 1.807) is 6.92 Å². The number of aliphatic hydroxyl groups excluding tert-OH is 1. The molecule has 0 aliphatic carbocycles. The highest BCUT2D eigenvalue weighted by atomic mass is 32.2. The number of guanidine groups is 1. The monoisotopic (exact) mass is 973 g/mol. The maximum Gasteiger partial charge on any atom is 0.410 e. The number of nitrogens with zero attached hydrogens (tertiary/aromatic N) is 7. The third kappa shape index (κ3) is 10.7. The van der Waals surface area contributed by atoms with Gasteiger partial charge >= 0.3 is 18.0 Å². The number of nitrogens with two attached hydrogens (primary N) is 2. The molecule has 0 aromatic heterocycles. The maximum atomic E-state index is 14.6. The zero-order valence-corrected chi connectivity index (χ0v) is 37.9. The number of carbonyl (C=O) groups is 5. The van der Waals surface area contributed by atoms with Crippen molar-refractivity contribution < 1.29 is 58.1 Å². The number of nitro benzene ring substituents is 3. The van der Waals surface area contributed by atoms with E-state index < -0.39 is 97.8 Å². The van der Waals surface area contributed by atoms with E-state index in [4.69, 9.17) is 25.7 Å². The van der Waals surface area contributed by atoms with E-state index in [2.05, 4.69) is 4.99 Å². The number of esters is 2. The maximum absolute atomic E-state index is 14.6. The number of hydrogen-bond acceptors (Lipinski definition) is 17. The summed E-state index contributed by atoms with van der Waals surface area (Å²) in [5, 5.41) is 43.4. The Morgan fingerprint density at radius 3 is 1.81 bits per heavy atom. The number of likely N-dealkylation sites (tertiary alicyclic amines) is 2. The number of fused-ring (bicyclic) bond motifs is 1. The summed E-state index contributed by atoms with van der Waals surface area (Å²) in [5.41, 5.74) is 12.2. The van der Waals surface area contributed by atoms with Crippen LogP contribution in [0, 0.1) is 48.1 Å². The number of β-lactam (4-membered cyclic amide) rings is 1. The number of hydrogen-bond donors (Lipinski definition) is 3. The molecule has 3 amide bonds. The number of rotatable bonds is 17. The summed E-state index contributed by atoms with van der Waals surface area (Å²) >= 11 is 1.18. The second kappa shape index (κ2) is 20.7. The molecule has 7 rings (SSSR count). The van der Waals surface area contributed by atoms with Gasteiger partial charge in [0.1, 0.15) is 31.6 Å². The summed E-state index contributed by atoms with van der Waals surface area (Å²) < 4.78 is 16.8. The minimum absolute atomic E-state index is 0.0284. The quantitative estimate of drug-likeness (QED) is 0.0332. The van der Waals surface area contributed by atoms with Crippen LogP contribution in [0.1, 0.15) is 43.4 Å². The van der Waals surface area contributed by atoms with Crippen LogP contribution in [0.2, 0.25) is 0 Å². The van der Waals surface area contributed by atoms with Crippen molar-refractivity contribution in [3.05, 3.63) is 130 Å². The summed E-state index contributed by atoms with van der Waals surface area (Å²) in [4.78, 5) is 110. The molecule has 4 aliphatic rings. The van der Waals surface area contributed by atoms with Gasteiger partial charge in [0.05, 0.1) is 32.8 Å². The Morgan fingerprint density at radius 2 is 1.32 bits per heavy atom. The number of thioether (sulfide) groups is 1. The van der Waals surface area contributed by atoms with Crippen molar-refractivity contribution in [2.45, 2.75) is 76.0 Å². The van der Waals surface area contributed by atoms with Crippen LogP contribution in [0.4, 0.5) is 21.9 Å². The zero-order valence-electron chi connectivity index (χ0n) is 37.1. The van der Waals surface area contributed by atoms with E-state index >= 15 is 0 Å². The van der Waals surface area contributed by atoms with Crippen LogP contribution in [0.5, 0.6) is 0 Å². The van der Waals surface area contributed by atoms with Gasteiger partial charge in [0.25, 0.3) is 17.1 Å². The number of carbonyl (C=O) groups excluding carboxylic acids is 5. The SMILES string of the molecule is C[C@@H](O)[C@H]1C(=O)N2C(C(=O)OCc3ccc([N+](=O)[O-])cc3)=C(S[C@H]3C[C@@H](C(=O)N4CC[C@@H](C(N=C(N)N)C(=O)OCc5ccc([N+](=O)[O-])cc5)C4)N(C(=O)OCc4ccc([N+](=O)[O-])cc4)C3)[C@H](C)[C@H]12. The second-order valence-corrected chi connectivity index (χ2v) is 18.3. The van der Waals surface area contributed by atoms with Gasteiger partial charge in [-0.3, -0.25) is 44.8 Å². The molecular weight excluding hydrogens is 927 g/mol. The molecule has 0 radical (unpaired) electrons. The summed E-state index contributed by atoms with van der Waals surface area (Å²) in [5.74, 6) is -5.04. The number of non-ortho nitro benzene ring substituents is 3. The molecule has 364 valence electrons. The first kappa shape index (κ1) is 49.2. The van der Waals surface area contributed by atoms with E-state index in [0.29, 0.717) is 21.6 Å². The lowest BCUT2D eigenvalue weighted by Gasteiger charge is -2.46. The van der Waals surface area contributed by atoms with Crippen LogP contribution in [-0.4, -0.2) is 119 Å². The standard InChI is InChI=1S/C44H47N9O15S/c1-23-36-34(24(2)54)40(56)50(36)37(42(58)67-21-26-5-11-30(12-6-26)52(62)63)38(23)69-32-17-33(49(19-32)44(59)68-22-27-7-13-31(14-8-27)53(64)65)39(55)48-16-15-28(18-48)35(47-43(45)46)41(57)66-20-25-3-9-29(10-4-25)51(60)61/h3-14,23-24,28,32-36,54H,15-22H2,1-2H3,(H4,45,46,47)/t23-,24-,28-,32+,33+,34-,35?,36-/m1/s1. The minimum atomic E-state index is -1.24. The summed E-state index contributed by atoms with van der Waals surface area (Å²) in [6, 6.07) is 13.1. The predicted octanol–water partition coefficient (Wildman–Crippen LogP) is 3.27. The fourth-order valence-electron chi connectivity index (χ4n) is 8.96. The number of ether oxygens (including phenoxy) is 3. The largest absolute Gasteiger partial charge is 0.459 e. The van der Waals surface area contributed by atoms with Crippen molar-refractivity contribution in [3.63, 3.8) is 0 Å². The van der Waals surface area contributed by atoms with Crippen LogP contribution in [0.3, 0.4) is 0 Å². The lowest BCUT2D eigenvalue weighted by molar-refractivity contribution is -0.385. The molecule has 3 saturated heterocycles. The molecule has 1 unspecified atom stereocenters. The van der Waals surface area contributed by atoms with E-state index in [9.17, 15) is 59.4 Å². The Hall–Kier alpha value is -7.67. The number of benzene rings is 3. The zero-order chi connectivity index (χ0) is 49.8. The van der Waals surface area contributed by atoms with Gasteiger partial charge in [-0.15, -0.1) is 11.8 Å². The van der Waals surface area contributed by atoms with E-state index in [0.717, 1.165) is 0 Å². The predicted molar refractivity (Wildman–Crippen MR) is 242 cm³/mol. The van der Waals surface area contributed by atoms with Crippen molar-refractivity contribution >= 4 is 64.6 Å². The first-order valence-corrected chi connectivity index (χ1v) is 22.5. The molecule has 24 nitrogen and oxygen atoms in total. The first-order chi connectivity index (χ1) is 32.8. The lowest BCUT2D eigenvalue weighted by atomic mass is 9.79. The van der Waals surface area contributed by atoms with Gasteiger partial charge in [0.15, 0.2) is 12.0 Å². The van der Waals surface area contributed by atoms with Gasteiger partial charge in [-0.2, -0.15) is 0 Å². The third-order valence-corrected chi connectivity index (χ3v) is 13.9. The molecule has 0 bridgehead atoms. The van der Waals surface area contributed by atoms with Crippen LogP contribution in [-0.2, 0) is 53.2 Å². The fraction of sp³-hybridized carbons (Fsp3) is 0.409. The summed E-state index contributed by atoms with van der Waals surface area (Å²) in [6.45, 7) is 2.45. The molecule has 5 N–H and O–H groups in total. The second-order valence-electron chi connectivity index (χ2n) is 17.0. The molecule has 4 aliphatic heterocycles. The first-order valence-electron chi connectivity index (χ1n) is 21.6. The van der Waals surface area contributed by atoms with Gasteiger partial charge in [0, 0.05) is 78.0 Å². The molecule has 25 heteroatoms. The summed E-state index contributed by atoms with van der Waals surface area (Å²) in [7, 11) is 0. The highest BCUT2D eigenvalue weighted by Gasteiger charge is 2.61. The average Bonchev–Trinajstić information content (AvgIpc) is 4.04. The highest BCUT2D eigenvalue weighted by molar-refractivity contribution is 8.03.